The van der Waals surface area contributed by atoms with Crippen molar-refractivity contribution < 1.29 is 14.9 Å². The van der Waals surface area contributed by atoms with Gasteiger partial charge in [-0.25, -0.2) is 0 Å². The third kappa shape index (κ3) is 3.64. The zero-order valence-electron chi connectivity index (χ0n) is 9.11. The molecule has 1 aromatic rings. The maximum atomic E-state index is 9.28. The lowest BCUT2D eigenvalue weighted by Gasteiger charge is -2.16. The van der Waals surface area contributed by atoms with E-state index in [1.165, 1.54) is 6.07 Å². The predicted molar refractivity (Wildman–Crippen MR) is 62.8 cm³/mol. The van der Waals surface area contributed by atoms with E-state index in [0.29, 0.717) is 13.2 Å². The van der Waals surface area contributed by atoms with Gasteiger partial charge >= 0.3 is 0 Å². The molecule has 0 aromatic heterocycles. The van der Waals surface area contributed by atoms with Crippen molar-refractivity contribution in [2.45, 2.75) is 6.04 Å². The van der Waals surface area contributed by atoms with Crippen molar-refractivity contribution in [3.8, 4) is 5.75 Å². The average Bonchev–Trinajstić information content (AvgIpc) is 2.29. The van der Waals surface area contributed by atoms with Crippen molar-refractivity contribution in [3.63, 3.8) is 0 Å². The number of halogens is 1. The number of methoxy groups -OCH3 is 1. The molecule has 0 saturated heterocycles. The van der Waals surface area contributed by atoms with E-state index >= 15 is 0 Å². The largest absolute Gasteiger partial charge is 0.506 e. The number of phenolic OH excluding ortho intramolecular Hbond substituents is 1. The molecule has 0 saturated carbocycles. The standard InChI is InChI=1S/C11H16ClNO3/c1-16-5-4-13-10(7-14)8-2-3-11(15)9(12)6-8/h2-3,6,10,13-15H,4-5,7H2,1H3. The molecule has 0 radical (unpaired) electrons. The van der Waals surface area contributed by atoms with Gasteiger partial charge in [-0.3, -0.25) is 0 Å². The molecule has 0 aliphatic heterocycles. The highest BCUT2D eigenvalue weighted by Crippen LogP contribution is 2.26. The van der Waals surface area contributed by atoms with Crippen molar-refractivity contribution >= 4 is 11.6 Å². The quantitative estimate of drug-likeness (QED) is 0.662. The molecular weight excluding hydrogens is 230 g/mol. The number of aliphatic hydroxyl groups is 1. The van der Waals surface area contributed by atoms with Crippen LogP contribution in [0.3, 0.4) is 0 Å². The molecule has 16 heavy (non-hydrogen) atoms. The first-order valence-electron chi connectivity index (χ1n) is 5.00. The molecule has 1 rings (SSSR count). The molecule has 0 amide bonds. The van der Waals surface area contributed by atoms with Crippen LogP contribution >= 0.6 is 11.6 Å². The minimum Gasteiger partial charge on any atom is -0.506 e. The van der Waals surface area contributed by atoms with Gasteiger partial charge in [0.05, 0.1) is 24.3 Å². The Morgan fingerprint density at radius 2 is 2.25 bits per heavy atom. The number of hydrogen-bond donors (Lipinski definition) is 3. The number of benzene rings is 1. The van der Waals surface area contributed by atoms with E-state index in [1.54, 1.807) is 19.2 Å². The molecule has 0 aliphatic rings. The molecule has 4 nitrogen and oxygen atoms in total. The first-order valence-corrected chi connectivity index (χ1v) is 5.38. The topological polar surface area (TPSA) is 61.7 Å². The number of aromatic hydroxyl groups is 1. The predicted octanol–water partition coefficient (Wildman–Crippen LogP) is 1.31. The van der Waals surface area contributed by atoms with Crippen LogP contribution in [-0.2, 0) is 4.74 Å². The van der Waals surface area contributed by atoms with Gasteiger partial charge in [-0.05, 0) is 17.7 Å². The number of aliphatic hydroxyl groups excluding tert-OH is 1. The Morgan fingerprint density at radius 1 is 1.50 bits per heavy atom. The monoisotopic (exact) mass is 245 g/mol. The number of hydrogen-bond acceptors (Lipinski definition) is 4. The Morgan fingerprint density at radius 3 is 2.81 bits per heavy atom. The third-order valence-electron chi connectivity index (χ3n) is 2.25. The average molecular weight is 246 g/mol. The van der Waals surface area contributed by atoms with E-state index in [0.717, 1.165) is 5.56 Å². The molecule has 0 fully saturated rings. The minimum atomic E-state index is -0.201. The van der Waals surface area contributed by atoms with Gasteiger partial charge in [0, 0.05) is 13.7 Å². The molecule has 3 N–H and O–H groups in total. The van der Waals surface area contributed by atoms with Gasteiger partial charge in [0.25, 0.3) is 0 Å². The van der Waals surface area contributed by atoms with Gasteiger partial charge in [-0.15, -0.1) is 0 Å². The van der Waals surface area contributed by atoms with Gasteiger partial charge in [0.15, 0.2) is 0 Å². The van der Waals surface area contributed by atoms with Crippen LogP contribution < -0.4 is 5.32 Å². The molecule has 1 atom stereocenters. The normalized spacial score (nSPS) is 12.7. The molecule has 0 aliphatic carbocycles. The summed E-state index contributed by atoms with van der Waals surface area (Å²) in [6, 6.07) is 4.67. The first kappa shape index (κ1) is 13.3. The molecule has 90 valence electrons. The lowest BCUT2D eigenvalue weighted by Crippen LogP contribution is -2.27. The van der Waals surface area contributed by atoms with E-state index in [1.807, 2.05) is 0 Å². The maximum Gasteiger partial charge on any atom is 0.134 e. The number of nitrogens with one attached hydrogen (secondary N) is 1. The summed E-state index contributed by atoms with van der Waals surface area (Å²) in [7, 11) is 1.62. The summed E-state index contributed by atoms with van der Waals surface area (Å²) in [5.74, 6) is 0.0407. The van der Waals surface area contributed by atoms with Crippen LogP contribution in [0.4, 0.5) is 0 Å². The van der Waals surface area contributed by atoms with Crippen LogP contribution in [0, 0.1) is 0 Å². The number of ether oxygens (including phenoxy) is 1. The smallest absolute Gasteiger partial charge is 0.134 e. The highest BCUT2D eigenvalue weighted by molar-refractivity contribution is 6.32. The van der Waals surface area contributed by atoms with E-state index in [4.69, 9.17) is 16.3 Å². The molecule has 1 unspecified atom stereocenters. The molecule has 0 spiro atoms. The zero-order chi connectivity index (χ0) is 12.0. The summed E-state index contributed by atoms with van der Waals surface area (Å²) < 4.78 is 4.91. The summed E-state index contributed by atoms with van der Waals surface area (Å²) in [6.07, 6.45) is 0. The highest BCUT2D eigenvalue weighted by Gasteiger charge is 2.11. The molecule has 1 aromatic carbocycles. The van der Waals surface area contributed by atoms with E-state index in [9.17, 15) is 10.2 Å². The Labute approximate surface area is 99.8 Å². The van der Waals surface area contributed by atoms with Gasteiger partial charge in [-0.1, -0.05) is 17.7 Å². The SMILES string of the molecule is COCCNC(CO)c1ccc(O)c(Cl)c1. The Bertz CT molecular complexity index is 333. The van der Waals surface area contributed by atoms with E-state index < -0.39 is 0 Å². The van der Waals surface area contributed by atoms with Crippen LogP contribution in [-0.4, -0.2) is 37.1 Å². The van der Waals surface area contributed by atoms with Crippen molar-refractivity contribution in [3.05, 3.63) is 28.8 Å². The second kappa shape index (κ2) is 6.70. The van der Waals surface area contributed by atoms with Crippen molar-refractivity contribution in [2.24, 2.45) is 0 Å². The molecule has 0 bridgehead atoms. The first-order chi connectivity index (χ1) is 7.69. The van der Waals surface area contributed by atoms with Crippen molar-refractivity contribution in [1.29, 1.82) is 0 Å². The summed E-state index contributed by atoms with van der Waals surface area (Å²) in [4.78, 5) is 0. The Kier molecular flexibility index (Phi) is 5.55. The fraction of sp³-hybridized carbons (Fsp3) is 0.455. The fourth-order valence-corrected chi connectivity index (χ4v) is 1.55. The van der Waals surface area contributed by atoms with Gasteiger partial charge in [-0.2, -0.15) is 0 Å². The summed E-state index contributed by atoms with van der Waals surface area (Å²) in [5.41, 5.74) is 0.835. The van der Waals surface area contributed by atoms with Crippen molar-refractivity contribution in [1.82, 2.24) is 5.32 Å². The summed E-state index contributed by atoms with van der Waals surface area (Å²) >= 11 is 5.79. The molecule has 5 heteroatoms. The van der Waals surface area contributed by atoms with Crippen LogP contribution in [0.1, 0.15) is 11.6 Å². The minimum absolute atomic E-state index is 0.0369. The number of phenols is 1. The molecule has 0 heterocycles. The van der Waals surface area contributed by atoms with E-state index in [2.05, 4.69) is 5.32 Å². The zero-order valence-corrected chi connectivity index (χ0v) is 9.87. The van der Waals surface area contributed by atoms with Crippen LogP contribution in [0.25, 0.3) is 0 Å². The Hall–Kier alpha value is -0.810. The van der Waals surface area contributed by atoms with E-state index in [-0.39, 0.29) is 23.4 Å². The summed E-state index contributed by atoms with van der Waals surface area (Å²) in [6.45, 7) is 1.17. The van der Waals surface area contributed by atoms with Gasteiger partial charge in [0.2, 0.25) is 0 Å². The van der Waals surface area contributed by atoms with Crippen LogP contribution in [0.5, 0.6) is 5.75 Å². The molecular formula is C11H16ClNO3. The second-order valence-corrected chi connectivity index (χ2v) is 3.80. The fourth-order valence-electron chi connectivity index (χ4n) is 1.36. The van der Waals surface area contributed by atoms with Gasteiger partial charge < -0.3 is 20.3 Å². The third-order valence-corrected chi connectivity index (χ3v) is 2.56. The highest BCUT2D eigenvalue weighted by atomic mass is 35.5. The van der Waals surface area contributed by atoms with Gasteiger partial charge in [0.1, 0.15) is 5.75 Å². The second-order valence-electron chi connectivity index (χ2n) is 3.39. The van der Waals surface area contributed by atoms with Crippen LogP contribution in [0.2, 0.25) is 5.02 Å². The Balaban J connectivity index is 2.67. The lowest BCUT2D eigenvalue weighted by atomic mass is 10.1. The maximum absolute atomic E-state index is 9.28. The van der Waals surface area contributed by atoms with Crippen molar-refractivity contribution in [2.75, 3.05) is 26.9 Å². The number of rotatable bonds is 6. The van der Waals surface area contributed by atoms with Crippen LogP contribution in [0.15, 0.2) is 18.2 Å². The lowest BCUT2D eigenvalue weighted by molar-refractivity contribution is 0.184. The summed E-state index contributed by atoms with van der Waals surface area (Å²) in [5, 5.41) is 21.9.